The van der Waals surface area contributed by atoms with Crippen molar-refractivity contribution in [3.05, 3.63) is 29.0 Å². The van der Waals surface area contributed by atoms with Gasteiger partial charge in [-0.15, -0.1) is 0 Å². The zero-order valence-corrected chi connectivity index (χ0v) is 9.87. The van der Waals surface area contributed by atoms with Crippen LogP contribution in [0.25, 0.3) is 0 Å². The van der Waals surface area contributed by atoms with E-state index in [1.807, 2.05) is 12.3 Å². The Kier molecular flexibility index (Phi) is 3.60. The van der Waals surface area contributed by atoms with E-state index in [9.17, 15) is 0 Å². The lowest BCUT2D eigenvalue weighted by Gasteiger charge is -2.31. The van der Waals surface area contributed by atoms with Gasteiger partial charge in [-0.1, -0.05) is 24.6 Å². The molecule has 1 aliphatic rings. The summed E-state index contributed by atoms with van der Waals surface area (Å²) in [6.45, 7) is 5.82. The van der Waals surface area contributed by atoms with Gasteiger partial charge in [0.25, 0.3) is 0 Å². The molecule has 0 bridgehead atoms. The van der Waals surface area contributed by atoms with E-state index < -0.39 is 0 Å². The third-order valence-electron chi connectivity index (χ3n) is 3.26. The molecule has 0 atom stereocenters. The van der Waals surface area contributed by atoms with Gasteiger partial charge in [0.15, 0.2) is 0 Å². The van der Waals surface area contributed by atoms with E-state index in [-0.39, 0.29) is 0 Å². The molecule has 1 aromatic rings. The Morgan fingerprint density at radius 1 is 1.40 bits per heavy atom. The van der Waals surface area contributed by atoms with Crippen molar-refractivity contribution in [3.8, 4) is 0 Å². The van der Waals surface area contributed by atoms with E-state index in [0.29, 0.717) is 11.1 Å². The third-order valence-corrected chi connectivity index (χ3v) is 3.48. The minimum atomic E-state index is 0.588. The number of hydrogen-bond acceptors (Lipinski definition) is 2. The second kappa shape index (κ2) is 4.95. The molecule has 3 heteroatoms. The second-order valence-corrected chi connectivity index (χ2v) is 4.51. The molecule has 0 radical (unpaired) electrons. The van der Waals surface area contributed by atoms with Gasteiger partial charge >= 0.3 is 0 Å². The van der Waals surface area contributed by atoms with E-state index >= 15 is 0 Å². The SMILES string of the molecule is CCN1CCC(c2ccc(Cl)nc2)CC1. The number of aromatic nitrogens is 1. The number of hydrogen-bond donors (Lipinski definition) is 0. The minimum Gasteiger partial charge on any atom is -0.304 e. The Bertz CT molecular complexity index is 302. The molecule has 82 valence electrons. The Hall–Kier alpha value is -0.600. The zero-order chi connectivity index (χ0) is 10.7. The van der Waals surface area contributed by atoms with E-state index in [4.69, 9.17) is 11.6 Å². The summed E-state index contributed by atoms with van der Waals surface area (Å²) in [6.07, 6.45) is 4.42. The van der Waals surface area contributed by atoms with Crippen molar-refractivity contribution >= 4 is 11.6 Å². The second-order valence-electron chi connectivity index (χ2n) is 4.12. The minimum absolute atomic E-state index is 0.588. The van der Waals surface area contributed by atoms with Crippen molar-refractivity contribution in [2.45, 2.75) is 25.7 Å². The molecule has 1 aromatic heterocycles. The van der Waals surface area contributed by atoms with Crippen molar-refractivity contribution in [2.24, 2.45) is 0 Å². The monoisotopic (exact) mass is 224 g/mol. The van der Waals surface area contributed by atoms with Crippen LogP contribution in [0.15, 0.2) is 18.3 Å². The Labute approximate surface area is 96.3 Å². The zero-order valence-electron chi connectivity index (χ0n) is 9.12. The summed E-state index contributed by atoms with van der Waals surface area (Å²) in [5, 5.41) is 0.588. The Balaban J connectivity index is 1.98. The number of likely N-dealkylation sites (tertiary alicyclic amines) is 1. The van der Waals surface area contributed by atoms with Crippen molar-refractivity contribution in [2.75, 3.05) is 19.6 Å². The Morgan fingerprint density at radius 2 is 2.13 bits per heavy atom. The molecular weight excluding hydrogens is 208 g/mol. The Morgan fingerprint density at radius 3 is 2.67 bits per heavy atom. The molecule has 2 heterocycles. The molecule has 1 saturated heterocycles. The van der Waals surface area contributed by atoms with Crippen molar-refractivity contribution in [1.82, 2.24) is 9.88 Å². The van der Waals surface area contributed by atoms with Gasteiger partial charge in [-0.05, 0) is 50.0 Å². The third kappa shape index (κ3) is 2.70. The van der Waals surface area contributed by atoms with Crippen molar-refractivity contribution < 1.29 is 0 Å². The van der Waals surface area contributed by atoms with Crippen LogP contribution in [0.3, 0.4) is 0 Å². The number of rotatable bonds is 2. The first-order valence-corrected chi connectivity index (χ1v) is 6.01. The van der Waals surface area contributed by atoms with Gasteiger partial charge in [0.1, 0.15) is 5.15 Å². The van der Waals surface area contributed by atoms with Crippen LogP contribution in [0, 0.1) is 0 Å². The predicted molar refractivity (Wildman–Crippen MR) is 63.3 cm³/mol. The van der Waals surface area contributed by atoms with Gasteiger partial charge in [0.2, 0.25) is 0 Å². The topological polar surface area (TPSA) is 16.1 Å². The van der Waals surface area contributed by atoms with E-state index in [2.05, 4.69) is 22.9 Å². The molecule has 0 aromatic carbocycles. The number of piperidine rings is 1. The first kappa shape index (κ1) is 10.9. The molecule has 0 saturated carbocycles. The summed E-state index contributed by atoms with van der Waals surface area (Å²) in [5.41, 5.74) is 1.34. The molecule has 2 rings (SSSR count). The lowest BCUT2D eigenvalue weighted by Crippen LogP contribution is -2.32. The highest BCUT2D eigenvalue weighted by atomic mass is 35.5. The molecular formula is C12H17ClN2. The fourth-order valence-electron chi connectivity index (χ4n) is 2.21. The van der Waals surface area contributed by atoms with Crippen LogP contribution in [0.2, 0.25) is 5.15 Å². The van der Waals surface area contributed by atoms with Crippen LogP contribution in [0.4, 0.5) is 0 Å². The molecule has 0 unspecified atom stereocenters. The normalized spacial score (nSPS) is 19.3. The highest BCUT2D eigenvalue weighted by Gasteiger charge is 2.19. The fraction of sp³-hybridized carbons (Fsp3) is 0.583. The maximum atomic E-state index is 5.78. The van der Waals surface area contributed by atoms with Gasteiger partial charge in [-0.3, -0.25) is 0 Å². The van der Waals surface area contributed by atoms with E-state index in [0.717, 1.165) is 0 Å². The summed E-state index contributed by atoms with van der Waals surface area (Å²) >= 11 is 5.78. The fourth-order valence-corrected chi connectivity index (χ4v) is 2.32. The molecule has 1 fully saturated rings. The van der Waals surface area contributed by atoms with Crippen molar-refractivity contribution in [3.63, 3.8) is 0 Å². The van der Waals surface area contributed by atoms with Gasteiger partial charge in [0, 0.05) is 6.20 Å². The van der Waals surface area contributed by atoms with Gasteiger partial charge < -0.3 is 4.90 Å². The first-order chi connectivity index (χ1) is 7.29. The summed E-state index contributed by atoms with van der Waals surface area (Å²) in [4.78, 5) is 6.65. The number of pyridine rings is 1. The van der Waals surface area contributed by atoms with Crippen LogP contribution in [-0.2, 0) is 0 Å². The van der Waals surface area contributed by atoms with Crippen LogP contribution in [0.5, 0.6) is 0 Å². The molecule has 1 aliphatic heterocycles. The summed E-state index contributed by atoms with van der Waals surface area (Å²) in [6, 6.07) is 4.00. The van der Waals surface area contributed by atoms with Crippen LogP contribution >= 0.6 is 11.6 Å². The highest BCUT2D eigenvalue weighted by molar-refractivity contribution is 6.29. The molecule has 0 N–H and O–H groups in total. The molecule has 2 nitrogen and oxygen atoms in total. The molecule has 15 heavy (non-hydrogen) atoms. The lowest BCUT2D eigenvalue weighted by molar-refractivity contribution is 0.222. The van der Waals surface area contributed by atoms with Gasteiger partial charge in [-0.25, -0.2) is 4.98 Å². The average molecular weight is 225 g/mol. The quantitative estimate of drug-likeness (QED) is 0.719. The molecule has 0 spiro atoms. The van der Waals surface area contributed by atoms with E-state index in [1.54, 1.807) is 0 Å². The number of nitrogens with zero attached hydrogens (tertiary/aromatic N) is 2. The van der Waals surface area contributed by atoms with E-state index in [1.165, 1.54) is 38.0 Å². The van der Waals surface area contributed by atoms with Crippen LogP contribution in [0.1, 0.15) is 31.2 Å². The maximum absolute atomic E-state index is 5.78. The summed E-state index contributed by atoms with van der Waals surface area (Å²) in [7, 11) is 0. The van der Waals surface area contributed by atoms with Gasteiger partial charge in [0.05, 0.1) is 0 Å². The summed E-state index contributed by atoms with van der Waals surface area (Å²) in [5.74, 6) is 0.678. The lowest BCUT2D eigenvalue weighted by atomic mass is 9.90. The first-order valence-electron chi connectivity index (χ1n) is 5.63. The predicted octanol–water partition coefficient (Wildman–Crippen LogP) is 2.93. The smallest absolute Gasteiger partial charge is 0.129 e. The summed E-state index contributed by atoms with van der Waals surface area (Å²) < 4.78 is 0. The standard InChI is InChI=1S/C12H17ClN2/c1-2-15-7-5-10(6-8-15)11-3-4-12(13)14-9-11/h3-4,9-10H,2,5-8H2,1H3. The van der Waals surface area contributed by atoms with Crippen LogP contribution < -0.4 is 0 Å². The maximum Gasteiger partial charge on any atom is 0.129 e. The largest absolute Gasteiger partial charge is 0.304 e. The van der Waals surface area contributed by atoms with Crippen LogP contribution in [-0.4, -0.2) is 29.5 Å². The molecule has 0 amide bonds. The van der Waals surface area contributed by atoms with Crippen molar-refractivity contribution in [1.29, 1.82) is 0 Å². The number of halogens is 1. The highest BCUT2D eigenvalue weighted by Crippen LogP contribution is 2.27. The molecule has 0 aliphatic carbocycles. The average Bonchev–Trinajstić information content (AvgIpc) is 2.30. The van der Waals surface area contributed by atoms with Gasteiger partial charge in [-0.2, -0.15) is 0 Å².